The summed E-state index contributed by atoms with van der Waals surface area (Å²) in [5.74, 6) is 1.03. The van der Waals surface area contributed by atoms with Gasteiger partial charge in [-0.2, -0.15) is 0 Å². The van der Waals surface area contributed by atoms with E-state index in [0.29, 0.717) is 6.54 Å². The number of ether oxygens (including phenoxy) is 1. The molecule has 0 fully saturated rings. The average molecular weight is 246 g/mol. The fraction of sp³-hybridized carbons (Fsp3) is 0.455. The normalized spacial score (nSPS) is 10.6. The van der Waals surface area contributed by atoms with Crippen molar-refractivity contribution in [2.45, 2.75) is 17.9 Å². The first-order valence-electron chi connectivity index (χ1n) is 4.88. The summed E-state index contributed by atoms with van der Waals surface area (Å²) in [5, 5.41) is 0.765. The van der Waals surface area contributed by atoms with Gasteiger partial charge in [0, 0.05) is 35.9 Å². The lowest BCUT2D eigenvalue weighted by atomic mass is 10.2. The van der Waals surface area contributed by atoms with E-state index in [1.54, 1.807) is 18.9 Å². The van der Waals surface area contributed by atoms with E-state index in [2.05, 4.69) is 0 Å². The number of benzene rings is 1. The van der Waals surface area contributed by atoms with E-state index in [0.717, 1.165) is 29.4 Å². The Bertz CT molecular complexity index is 307. The van der Waals surface area contributed by atoms with Crippen molar-refractivity contribution < 1.29 is 4.74 Å². The first-order valence-corrected chi connectivity index (χ1v) is 6.24. The minimum atomic E-state index is 0.559. The summed E-state index contributed by atoms with van der Waals surface area (Å²) >= 11 is 7.72. The summed E-state index contributed by atoms with van der Waals surface area (Å²) in [7, 11) is 1.72. The van der Waals surface area contributed by atoms with E-state index in [4.69, 9.17) is 22.1 Å². The molecule has 0 atom stereocenters. The zero-order valence-corrected chi connectivity index (χ0v) is 10.4. The first-order chi connectivity index (χ1) is 7.27. The number of halogens is 1. The summed E-state index contributed by atoms with van der Waals surface area (Å²) in [6.45, 7) is 1.36. The number of methoxy groups -OCH3 is 1. The first kappa shape index (κ1) is 12.8. The van der Waals surface area contributed by atoms with Gasteiger partial charge in [0.2, 0.25) is 0 Å². The van der Waals surface area contributed by atoms with E-state index in [9.17, 15) is 0 Å². The van der Waals surface area contributed by atoms with Crippen LogP contribution in [-0.4, -0.2) is 19.5 Å². The SMILES string of the molecule is COCCCSc1cc(Cl)ccc1CN. The summed E-state index contributed by atoms with van der Waals surface area (Å²) in [5.41, 5.74) is 6.80. The monoisotopic (exact) mass is 245 g/mol. The van der Waals surface area contributed by atoms with E-state index >= 15 is 0 Å². The van der Waals surface area contributed by atoms with Crippen LogP contribution in [0.5, 0.6) is 0 Å². The van der Waals surface area contributed by atoms with E-state index in [1.807, 2.05) is 18.2 Å². The van der Waals surface area contributed by atoms with Crippen LogP contribution in [0.25, 0.3) is 0 Å². The molecule has 2 nitrogen and oxygen atoms in total. The van der Waals surface area contributed by atoms with Gasteiger partial charge in [-0.1, -0.05) is 17.7 Å². The molecule has 1 aromatic carbocycles. The van der Waals surface area contributed by atoms with Crippen LogP contribution in [0.15, 0.2) is 23.1 Å². The third-order valence-corrected chi connectivity index (χ3v) is 3.42. The third kappa shape index (κ3) is 4.43. The fourth-order valence-corrected chi connectivity index (χ4v) is 2.48. The molecule has 0 spiro atoms. The van der Waals surface area contributed by atoms with Gasteiger partial charge < -0.3 is 10.5 Å². The lowest BCUT2D eigenvalue weighted by Gasteiger charge is -2.07. The molecule has 0 amide bonds. The quantitative estimate of drug-likeness (QED) is 0.618. The van der Waals surface area contributed by atoms with Crippen LogP contribution in [0.2, 0.25) is 5.02 Å². The van der Waals surface area contributed by atoms with E-state index in [1.165, 1.54) is 4.90 Å². The van der Waals surface area contributed by atoms with Crippen LogP contribution in [0.4, 0.5) is 0 Å². The second-order valence-electron chi connectivity index (χ2n) is 3.15. The lowest BCUT2D eigenvalue weighted by molar-refractivity contribution is 0.200. The highest BCUT2D eigenvalue weighted by Gasteiger charge is 2.02. The molecule has 1 rings (SSSR count). The van der Waals surface area contributed by atoms with Crippen molar-refractivity contribution in [3.63, 3.8) is 0 Å². The highest BCUT2D eigenvalue weighted by atomic mass is 35.5. The van der Waals surface area contributed by atoms with Gasteiger partial charge in [-0.25, -0.2) is 0 Å². The highest BCUT2D eigenvalue weighted by Crippen LogP contribution is 2.26. The number of nitrogens with two attached hydrogens (primary N) is 1. The van der Waals surface area contributed by atoms with Crippen molar-refractivity contribution in [1.29, 1.82) is 0 Å². The van der Waals surface area contributed by atoms with Crippen LogP contribution in [0, 0.1) is 0 Å². The van der Waals surface area contributed by atoms with Crippen LogP contribution in [0.3, 0.4) is 0 Å². The second-order valence-corrected chi connectivity index (χ2v) is 4.72. The zero-order chi connectivity index (χ0) is 11.1. The van der Waals surface area contributed by atoms with Gasteiger partial charge in [-0.3, -0.25) is 0 Å². The minimum Gasteiger partial charge on any atom is -0.385 e. The van der Waals surface area contributed by atoms with E-state index in [-0.39, 0.29) is 0 Å². The highest BCUT2D eigenvalue weighted by molar-refractivity contribution is 7.99. The Balaban J connectivity index is 2.54. The third-order valence-electron chi connectivity index (χ3n) is 2.00. The predicted octanol–water partition coefficient (Wildman–Crippen LogP) is 2.93. The molecule has 0 radical (unpaired) electrons. The smallest absolute Gasteiger partial charge is 0.0470 e. The average Bonchev–Trinajstić information content (AvgIpc) is 2.25. The van der Waals surface area contributed by atoms with Gasteiger partial charge in [-0.15, -0.1) is 11.8 Å². The molecule has 0 aromatic heterocycles. The molecular formula is C11H16ClNOS. The van der Waals surface area contributed by atoms with Gasteiger partial charge >= 0.3 is 0 Å². The van der Waals surface area contributed by atoms with Crippen molar-refractivity contribution in [2.75, 3.05) is 19.5 Å². The molecule has 0 unspecified atom stereocenters. The number of rotatable bonds is 6. The van der Waals surface area contributed by atoms with E-state index < -0.39 is 0 Å². The molecule has 1 aromatic rings. The molecule has 0 aliphatic carbocycles. The molecule has 84 valence electrons. The van der Waals surface area contributed by atoms with Gasteiger partial charge in [-0.05, 0) is 24.1 Å². The number of thioether (sulfide) groups is 1. The van der Waals surface area contributed by atoms with Gasteiger partial charge in [0.05, 0.1) is 0 Å². The topological polar surface area (TPSA) is 35.2 Å². The lowest BCUT2D eigenvalue weighted by Crippen LogP contribution is -1.99. The predicted molar refractivity (Wildman–Crippen MR) is 66.6 cm³/mol. The van der Waals surface area contributed by atoms with Gasteiger partial charge in [0.25, 0.3) is 0 Å². The maximum Gasteiger partial charge on any atom is 0.0470 e. The number of hydrogen-bond donors (Lipinski definition) is 1. The largest absolute Gasteiger partial charge is 0.385 e. The summed E-state index contributed by atoms with van der Waals surface area (Å²) in [4.78, 5) is 1.18. The maximum atomic E-state index is 5.94. The summed E-state index contributed by atoms with van der Waals surface area (Å²) < 4.78 is 5.00. The fourth-order valence-electron chi connectivity index (χ4n) is 1.22. The minimum absolute atomic E-state index is 0.559. The van der Waals surface area contributed by atoms with Crippen molar-refractivity contribution in [3.8, 4) is 0 Å². The summed E-state index contributed by atoms with van der Waals surface area (Å²) in [6, 6.07) is 5.84. The van der Waals surface area contributed by atoms with Crippen molar-refractivity contribution >= 4 is 23.4 Å². The van der Waals surface area contributed by atoms with Crippen molar-refractivity contribution in [1.82, 2.24) is 0 Å². The Morgan fingerprint density at radius 3 is 2.93 bits per heavy atom. The van der Waals surface area contributed by atoms with Crippen molar-refractivity contribution in [3.05, 3.63) is 28.8 Å². The van der Waals surface area contributed by atoms with Crippen molar-refractivity contribution in [2.24, 2.45) is 5.73 Å². The van der Waals surface area contributed by atoms with Crippen LogP contribution in [0.1, 0.15) is 12.0 Å². The number of hydrogen-bond acceptors (Lipinski definition) is 3. The molecule has 4 heteroatoms. The Hall–Kier alpha value is -0.220. The Morgan fingerprint density at radius 1 is 1.47 bits per heavy atom. The molecule has 0 bridgehead atoms. The molecule has 2 N–H and O–H groups in total. The second kappa shape index (κ2) is 7.12. The molecule has 0 aliphatic heterocycles. The summed E-state index contributed by atoms with van der Waals surface area (Å²) in [6.07, 6.45) is 1.04. The zero-order valence-electron chi connectivity index (χ0n) is 8.83. The maximum absolute atomic E-state index is 5.94. The van der Waals surface area contributed by atoms with Gasteiger partial charge in [0.15, 0.2) is 0 Å². The van der Waals surface area contributed by atoms with Crippen LogP contribution < -0.4 is 5.73 Å². The van der Waals surface area contributed by atoms with Gasteiger partial charge in [0.1, 0.15) is 0 Å². The van der Waals surface area contributed by atoms with Crippen LogP contribution in [-0.2, 0) is 11.3 Å². The molecular weight excluding hydrogens is 230 g/mol. The van der Waals surface area contributed by atoms with Crippen LogP contribution >= 0.6 is 23.4 Å². The molecule has 0 saturated carbocycles. The molecule has 15 heavy (non-hydrogen) atoms. The Labute approximate surface area is 100 Å². The molecule has 0 aliphatic rings. The molecule has 0 heterocycles. The Morgan fingerprint density at radius 2 is 2.27 bits per heavy atom. The molecule has 0 saturated heterocycles. The standard InChI is InChI=1S/C11H16ClNOS/c1-14-5-2-6-15-11-7-10(12)4-3-9(11)8-13/h3-4,7H,2,5-6,8,13H2,1H3. The Kier molecular flexibility index (Phi) is 6.10.